The van der Waals surface area contributed by atoms with E-state index >= 15 is 0 Å². The smallest absolute Gasteiger partial charge is 0.217 e. The van der Waals surface area contributed by atoms with Gasteiger partial charge in [-0.1, -0.05) is 127 Å². The minimum Gasteiger partial charge on any atom is -0.454 e. The Labute approximate surface area is 861 Å². The second-order valence-electron chi connectivity index (χ2n) is 38.7. The third-order valence-corrected chi connectivity index (χ3v) is 29.5. The first-order chi connectivity index (χ1) is 73.4. The molecule has 0 saturated carbocycles. The summed E-state index contributed by atoms with van der Waals surface area (Å²) in [4.78, 5) is 26.8. The minimum absolute atomic E-state index is 0.860. The lowest BCUT2D eigenvalue weighted by Crippen LogP contribution is -2.30. The molecule has 18 heteroatoms. The number of furan rings is 6. The van der Waals surface area contributed by atoms with Gasteiger partial charge >= 0.3 is 0 Å². The van der Waals surface area contributed by atoms with Gasteiger partial charge in [-0.3, -0.25) is 29.9 Å². The molecule has 18 nitrogen and oxygen atoms in total. The van der Waals surface area contributed by atoms with Crippen LogP contribution in [0.4, 0.5) is 0 Å². The number of aryl methyl sites for hydroxylation is 12. The van der Waals surface area contributed by atoms with Gasteiger partial charge in [0, 0.05) is 225 Å². The maximum Gasteiger partial charge on any atom is 0.217 e. The molecular weight excluding hydrogens is 1850 g/mol. The van der Waals surface area contributed by atoms with E-state index in [1.165, 1.54) is 33.2 Å². The summed E-state index contributed by atoms with van der Waals surface area (Å²) >= 11 is 0. The van der Waals surface area contributed by atoms with Gasteiger partial charge in [0.25, 0.3) is 0 Å². The fourth-order valence-electron chi connectivity index (χ4n) is 21.9. The number of nitrogens with zero attached hydrogens (tertiary/aromatic N) is 12. The fraction of sp³-hybridized carbons (Fsp3) is 0.0909. The zero-order chi connectivity index (χ0) is 102. The minimum atomic E-state index is 0.860. The number of para-hydroxylation sites is 1. The monoisotopic (exact) mass is 1950 g/mol. The molecule has 18 aromatic heterocycles. The lowest BCUT2D eigenvalue weighted by molar-refractivity contribution is -0.660. The van der Waals surface area contributed by atoms with Gasteiger partial charge in [0.15, 0.2) is 48.3 Å². The van der Waals surface area contributed by atoms with Gasteiger partial charge in [-0.15, -0.1) is 0 Å². The van der Waals surface area contributed by atoms with Gasteiger partial charge in [0.05, 0.1) is 44.5 Å². The van der Waals surface area contributed by atoms with E-state index in [0.29, 0.717) is 0 Å². The first-order valence-corrected chi connectivity index (χ1v) is 50.3. The second kappa shape index (κ2) is 37.8. The first-order valence-electron chi connectivity index (χ1n) is 50.3. The van der Waals surface area contributed by atoms with Crippen molar-refractivity contribution in [1.29, 1.82) is 0 Å². The highest BCUT2D eigenvalue weighted by atomic mass is 16.4. The van der Waals surface area contributed by atoms with Crippen LogP contribution in [0.15, 0.2) is 429 Å². The maximum atomic E-state index is 6.45. The molecule has 30 rings (SSSR count). The summed E-state index contributed by atoms with van der Waals surface area (Å²) in [6.07, 6.45) is 27.3. The number of hydrogen-bond acceptors (Lipinski definition) is 12. The molecule has 0 spiro atoms. The highest BCUT2D eigenvalue weighted by Gasteiger charge is 2.30. The topological polar surface area (TPSA) is 179 Å². The van der Waals surface area contributed by atoms with E-state index in [9.17, 15) is 0 Å². The van der Waals surface area contributed by atoms with E-state index in [2.05, 4.69) is 389 Å². The molecular formula is C132H102N12O6+6. The molecule has 150 heavy (non-hydrogen) atoms. The van der Waals surface area contributed by atoms with E-state index < -0.39 is 0 Å². The zero-order valence-corrected chi connectivity index (χ0v) is 84.9. The Hall–Kier alpha value is -19.2. The molecule has 18 heterocycles. The Morgan fingerprint density at radius 3 is 0.947 bits per heavy atom. The number of benzene rings is 12. The predicted octanol–water partition coefficient (Wildman–Crippen LogP) is 29.6. The largest absolute Gasteiger partial charge is 0.454 e. The maximum absolute atomic E-state index is 6.45. The molecule has 0 fully saturated rings. The van der Waals surface area contributed by atoms with Crippen LogP contribution < -0.4 is 27.4 Å². The Morgan fingerprint density at radius 2 is 0.467 bits per heavy atom. The number of hydrogen-bond donors (Lipinski definition) is 0. The molecule has 12 aromatic carbocycles. The lowest BCUT2D eigenvalue weighted by Gasteiger charge is -2.04. The van der Waals surface area contributed by atoms with Crippen LogP contribution in [-0.4, -0.2) is 29.9 Å². The first kappa shape index (κ1) is 92.0. The number of rotatable bonds is 6. The third kappa shape index (κ3) is 15.8. The van der Waals surface area contributed by atoms with Crippen molar-refractivity contribution in [3.63, 3.8) is 0 Å². The molecule has 720 valence electrons. The molecule has 0 bridgehead atoms. The third-order valence-electron chi connectivity index (χ3n) is 29.5. The van der Waals surface area contributed by atoms with Crippen LogP contribution in [0.1, 0.15) is 33.5 Å². The number of aromatic nitrogens is 12. The Balaban J connectivity index is 0.0000000932. The Bertz CT molecular complexity index is 9160. The second-order valence-corrected chi connectivity index (χ2v) is 38.7. The molecule has 0 amide bonds. The summed E-state index contributed by atoms with van der Waals surface area (Å²) in [6.45, 7) is 12.7. The van der Waals surface area contributed by atoms with Crippen molar-refractivity contribution in [3.8, 4) is 67.5 Å². The van der Waals surface area contributed by atoms with Crippen molar-refractivity contribution in [2.75, 3.05) is 0 Å². The molecule has 0 aliphatic carbocycles. The van der Waals surface area contributed by atoms with Crippen LogP contribution in [0.3, 0.4) is 0 Å². The van der Waals surface area contributed by atoms with Gasteiger partial charge in [-0.25, -0.2) is 27.4 Å². The van der Waals surface area contributed by atoms with Gasteiger partial charge in [0.2, 0.25) is 34.2 Å². The van der Waals surface area contributed by atoms with E-state index in [4.69, 9.17) is 26.5 Å². The van der Waals surface area contributed by atoms with Crippen molar-refractivity contribution in [3.05, 3.63) is 436 Å². The van der Waals surface area contributed by atoms with Gasteiger partial charge in [0.1, 0.15) is 109 Å². The van der Waals surface area contributed by atoms with E-state index in [-0.39, 0.29) is 0 Å². The highest BCUT2D eigenvalue weighted by Crippen LogP contribution is 2.48. The SMILES string of the molecule is Cc1ccc2c(oc3c2ccc2cccnc23)c1-c1cccc[n+]1C.Cc1ccc2c(oc3c4ccccc4ncc23)c1-c1cccc[n+]1C.Cc1ccc2c(oc3c4cccnc4ccc23)c1-c1cccc[n+]1C.Cc1ccc2c(oc3c4ccncc4ccc23)c1-c1cccc[n+]1C.Cc1ccc2c(oc3c4cnccc4ccc23)c1-c1cccc[n+]1C.Cc1ncc2c(oc3c4ccccc4ccc23)c1-c1cccc[n+]1C. The van der Waals surface area contributed by atoms with Crippen molar-refractivity contribution in [2.45, 2.75) is 41.5 Å². The number of fused-ring (bicyclic) bond motifs is 30. The normalized spacial score (nSPS) is 11.6. The molecule has 0 aliphatic rings. The highest BCUT2D eigenvalue weighted by molar-refractivity contribution is 6.23. The Morgan fingerprint density at radius 1 is 0.173 bits per heavy atom. The fourth-order valence-corrected chi connectivity index (χ4v) is 21.9. The van der Waals surface area contributed by atoms with Crippen LogP contribution in [0.5, 0.6) is 0 Å². The van der Waals surface area contributed by atoms with Gasteiger partial charge in [-0.05, 0) is 195 Å². The summed E-state index contributed by atoms with van der Waals surface area (Å²) in [5.74, 6) is 0. The van der Waals surface area contributed by atoms with Crippen LogP contribution in [-0.2, 0) is 42.3 Å². The number of pyridine rings is 12. The van der Waals surface area contributed by atoms with Crippen LogP contribution in [0.25, 0.3) is 264 Å². The quantitative estimate of drug-likeness (QED) is 0.144. The van der Waals surface area contributed by atoms with Gasteiger partial charge < -0.3 is 26.5 Å². The van der Waals surface area contributed by atoms with Gasteiger partial charge in [-0.2, -0.15) is 0 Å². The van der Waals surface area contributed by atoms with Crippen molar-refractivity contribution >= 4 is 197 Å². The van der Waals surface area contributed by atoms with Crippen LogP contribution in [0, 0.1) is 41.5 Å². The summed E-state index contributed by atoms with van der Waals surface area (Å²) in [7, 11) is 12.4. The molecule has 0 saturated heterocycles. The van der Waals surface area contributed by atoms with E-state index in [1.54, 1.807) is 0 Å². The lowest BCUT2D eigenvalue weighted by atomic mass is 10.00. The van der Waals surface area contributed by atoms with E-state index in [1.807, 2.05) is 155 Å². The molecule has 0 aliphatic heterocycles. The standard InChI is InChI=1S/6C22H17N2O/c1-14-8-10-16-17-11-9-15-6-5-12-23-20(15)22(17)25-21(16)19(14)18-7-3-4-13-24(18)2;1-14-8-9-16-15-10-11-18-17(6-5-12-23-18)21(15)25-22(16)20(14)19-7-3-4-13-24(19)2;1-14-20(19-9-5-6-12-24(19)2)22-18(13-23-14)17-11-10-15-7-3-4-8-16(15)21(17)25-22;1-14-10-11-15-17-13-23-18-8-4-3-7-16(18)21(17)25-22(15)20(14)19-9-5-6-12-24(19)2;1-14-6-8-18-17-9-7-15-13-23-11-10-16(15)21(17)25-22(18)20(14)19-5-3-4-12-24(19)2;1-14-6-8-17-16-9-7-15-10-11-23-13-18(15)21(16)25-22(17)20(14)19-5-3-4-12-24(19)2/h6*3-13H,1-2H3/q6*+1. The Kier molecular flexibility index (Phi) is 23.2. The average Bonchev–Trinajstić information content (AvgIpc) is 1.61. The summed E-state index contributed by atoms with van der Waals surface area (Å²) in [5.41, 5.74) is 34.4. The van der Waals surface area contributed by atoms with E-state index in [0.717, 1.165) is 265 Å². The van der Waals surface area contributed by atoms with Crippen molar-refractivity contribution < 1.29 is 53.9 Å². The van der Waals surface area contributed by atoms with Crippen LogP contribution >= 0.6 is 0 Å². The van der Waals surface area contributed by atoms with Crippen molar-refractivity contribution in [1.82, 2.24) is 29.9 Å². The summed E-state index contributed by atoms with van der Waals surface area (Å²) in [5, 5.41) is 23.4. The van der Waals surface area contributed by atoms with Crippen molar-refractivity contribution in [2.24, 2.45) is 42.3 Å². The van der Waals surface area contributed by atoms with Crippen LogP contribution in [0.2, 0.25) is 0 Å². The molecule has 0 unspecified atom stereocenters. The summed E-state index contributed by atoms with van der Waals surface area (Å²) in [6, 6.07) is 109. The molecule has 0 N–H and O–H groups in total. The average molecular weight is 1950 g/mol. The summed E-state index contributed by atoms with van der Waals surface area (Å²) < 4.78 is 51.4. The molecule has 30 aromatic rings. The zero-order valence-electron chi connectivity index (χ0n) is 84.9. The molecule has 0 radical (unpaired) electrons. The predicted molar refractivity (Wildman–Crippen MR) is 602 cm³/mol. The molecule has 0 atom stereocenters.